The van der Waals surface area contributed by atoms with Crippen LogP contribution >= 0.6 is 11.8 Å². The van der Waals surface area contributed by atoms with E-state index in [1.165, 1.54) is 11.8 Å². The van der Waals surface area contributed by atoms with E-state index in [1.54, 1.807) is 11.0 Å². The first-order valence-electron chi connectivity index (χ1n) is 5.83. The van der Waals surface area contributed by atoms with Crippen LogP contribution in [0.5, 0.6) is 0 Å². The minimum absolute atomic E-state index is 0.143. The summed E-state index contributed by atoms with van der Waals surface area (Å²) in [6.07, 6.45) is 1.90. The van der Waals surface area contributed by atoms with Gasteiger partial charge >= 0.3 is 5.97 Å². The lowest BCUT2D eigenvalue weighted by molar-refractivity contribution is -0.141. The Morgan fingerprint density at radius 3 is 3.05 bits per heavy atom. The van der Waals surface area contributed by atoms with Gasteiger partial charge in [-0.05, 0) is 18.4 Å². The zero-order valence-corrected chi connectivity index (χ0v) is 11.3. The molecular formula is C13H14N2O3S. The van der Waals surface area contributed by atoms with Gasteiger partial charge in [0.1, 0.15) is 6.07 Å². The van der Waals surface area contributed by atoms with Gasteiger partial charge in [0, 0.05) is 11.4 Å². The SMILES string of the molecule is CSc1cccc(N2CCOCC2C(=O)O)c1C#N. The molecule has 1 aromatic rings. The van der Waals surface area contributed by atoms with Crippen molar-refractivity contribution in [2.24, 2.45) is 0 Å². The molecule has 1 N–H and O–H groups in total. The molecule has 0 aromatic heterocycles. The van der Waals surface area contributed by atoms with Crippen LogP contribution in [0.4, 0.5) is 5.69 Å². The normalized spacial score (nSPS) is 18.9. The molecule has 1 atom stereocenters. The second-order valence-corrected chi connectivity index (χ2v) is 4.94. The van der Waals surface area contributed by atoms with E-state index >= 15 is 0 Å². The standard InChI is InChI=1S/C13H14N2O3S/c1-19-12-4-2-3-10(9(12)7-14)15-5-6-18-8-11(15)13(16)17/h2-4,11H,5-6,8H2,1H3,(H,16,17). The summed E-state index contributed by atoms with van der Waals surface area (Å²) in [6, 6.07) is 6.94. The summed E-state index contributed by atoms with van der Waals surface area (Å²) in [6.45, 7) is 1.09. The van der Waals surface area contributed by atoms with Crippen LogP contribution < -0.4 is 4.90 Å². The van der Waals surface area contributed by atoms with E-state index in [-0.39, 0.29) is 6.61 Å². The average molecular weight is 278 g/mol. The van der Waals surface area contributed by atoms with Crippen molar-refractivity contribution in [1.82, 2.24) is 0 Å². The summed E-state index contributed by atoms with van der Waals surface area (Å²) >= 11 is 1.48. The minimum atomic E-state index is -0.932. The number of carboxylic acids is 1. The Bertz CT molecular complexity index is 527. The maximum atomic E-state index is 11.3. The van der Waals surface area contributed by atoms with Gasteiger partial charge < -0.3 is 14.7 Å². The topological polar surface area (TPSA) is 73.6 Å². The van der Waals surface area contributed by atoms with Crippen LogP contribution in [0.15, 0.2) is 23.1 Å². The van der Waals surface area contributed by atoms with E-state index in [4.69, 9.17) is 4.74 Å². The van der Waals surface area contributed by atoms with Gasteiger partial charge in [-0.25, -0.2) is 4.79 Å². The number of ether oxygens (including phenoxy) is 1. The Balaban J connectivity index is 2.45. The molecule has 1 saturated heterocycles. The largest absolute Gasteiger partial charge is 0.480 e. The Morgan fingerprint density at radius 1 is 1.63 bits per heavy atom. The lowest BCUT2D eigenvalue weighted by Crippen LogP contribution is -2.50. The van der Waals surface area contributed by atoms with Crippen molar-refractivity contribution in [3.8, 4) is 6.07 Å². The van der Waals surface area contributed by atoms with Gasteiger partial charge in [0.2, 0.25) is 0 Å². The van der Waals surface area contributed by atoms with Crippen LogP contribution in [-0.2, 0) is 9.53 Å². The van der Waals surface area contributed by atoms with E-state index in [9.17, 15) is 15.2 Å². The Kier molecular flexibility index (Phi) is 4.30. The molecule has 0 saturated carbocycles. The monoisotopic (exact) mass is 278 g/mol. The van der Waals surface area contributed by atoms with Crippen LogP contribution in [0, 0.1) is 11.3 Å². The highest BCUT2D eigenvalue weighted by Crippen LogP contribution is 2.31. The lowest BCUT2D eigenvalue weighted by atomic mass is 10.1. The molecule has 2 rings (SSSR count). The number of morpholine rings is 1. The predicted octanol–water partition coefficient (Wildman–Crippen LogP) is 1.57. The summed E-state index contributed by atoms with van der Waals surface area (Å²) in [5.41, 5.74) is 1.20. The Morgan fingerprint density at radius 2 is 2.42 bits per heavy atom. The van der Waals surface area contributed by atoms with Crippen LogP contribution in [0.2, 0.25) is 0 Å². The van der Waals surface area contributed by atoms with Crippen molar-refractivity contribution in [3.05, 3.63) is 23.8 Å². The van der Waals surface area contributed by atoms with Gasteiger partial charge in [-0.2, -0.15) is 5.26 Å². The van der Waals surface area contributed by atoms with E-state index in [0.29, 0.717) is 24.4 Å². The second kappa shape index (κ2) is 5.95. The van der Waals surface area contributed by atoms with Crippen molar-refractivity contribution < 1.29 is 14.6 Å². The molecule has 0 radical (unpaired) electrons. The number of thioether (sulfide) groups is 1. The smallest absolute Gasteiger partial charge is 0.328 e. The fraction of sp³-hybridized carbons (Fsp3) is 0.385. The number of hydrogen-bond acceptors (Lipinski definition) is 5. The fourth-order valence-electron chi connectivity index (χ4n) is 2.14. The van der Waals surface area contributed by atoms with E-state index in [2.05, 4.69) is 6.07 Å². The van der Waals surface area contributed by atoms with Gasteiger partial charge in [-0.15, -0.1) is 11.8 Å². The molecule has 0 spiro atoms. The summed E-state index contributed by atoms with van der Waals surface area (Å²) < 4.78 is 5.21. The maximum Gasteiger partial charge on any atom is 0.328 e. The summed E-state index contributed by atoms with van der Waals surface area (Å²) in [7, 11) is 0. The number of nitrogens with zero attached hydrogens (tertiary/aromatic N) is 2. The van der Waals surface area contributed by atoms with Gasteiger partial charge in [0.25, 0.3) is 0 Å². The molecule has 1 aliphatic heterocycles. The average Bonchev–Trinajstić information content (AvgIpc) is 2.46. The van der Waals surface area contributed by atoms with E-state index in [1.807, 2.05) is 18.4 Å². The van der Waals surface area contributed by atoms with E-state index in [0.717, 1.165) is 4.90 Å². The van der Waals surface area contributed by atoms with Gasteiger partial charge in [-0.3, -0.25) is 0 Å². The summed E-state index contributed by atoms with van der Waals surface area (Å²) in [4.78, 5) is 13.9. The van der Waals surface area contributed by atoms with Gasteiger partial charge in [0.15, 0.2) is 6.04 Å². The molecule has 5 nitrogen and oxygen atoms in total. The quantitative estimate of drug-likeness (QED) is 0.846. The van der Waals surface area contributed by atoms with Crippen molar-refractivity contribution in [2.75, 3.05) is 30.9 Å². The first kappa shape index (κ1) is 13.7. The summed E-state index contributed by atoms with van der Waals surface area (Å²) in [5, 5.41) is 18.6. The number of anilines is 1. The molecule has 6 heteroatoms. The van der Waals surface area contributed by atoms with Crippen molar-refractivity contribution in [2.45, 2.75) is 10.9 Å². The number of hydrogen-bond donors (Lipinski definition) is 1. The van der Waals surface area contributed by atoms with E-state index < -0.39 is 12.0 Å². The zero-order chi connectivity index (χ0) is 13.8. The van der Waals surface area contributed by atoms with Crippen LogP contribution in [0.3, 0.4) is 0 Å². The van der Waals surface area contributed by atoms with Crippen molar-refractivity contribution >= 4 is 23.4 Å². The number of carboxylic acid groups (broad SMARTS) is 1. The Labute approximate surface area is 115 Å². The number of nitriles is 1. The molecule has 1 unspecified atom stereocenters. The summed E-state index contributed by atoms with van der Waals surface area (Å²) in [5.74, 6) is -0.932. The maximum absolute atomic E-state index is 11.3. The molecular weight excluding hydrogens is 264 g/mol. The zero-order valence-electron chi connectivity index (χ0n) is 10.5. The number of benzene rings is 1. The lowest BCUT2D eigenvalue weighted by Gasteiger charge is -2.35. The number of carbonyl (C=O) groups is 1. The second-order valence-electron chi connectivity index (χ2n) is 4.09. The number of aliphatic carboxylic acids is 1. The Hall–Kier alpha value is -1.71. The third-order valence-electron chi connectivity index (χ3n) is 3.06. The third-order valence-corrected chi connectivity index (χ3v) is 3.84. The molecule has 1 aromatic carbocycles. The van der Waals surface area contributed by atoms with Gasteiger partial charge in [0.05, 0.1) is 24.5 Å². The highest BCUT2D eigenvalue weighted by molar-refractivity contribution is 7.98. The molecule has 0 aliphatic carbocycles. The first-order chi connectivity index (χ1) is 9.19. The van der Waals surface area contributed by atoms with Crippen LogP contribution in [0.1, 0.15) is 5.56 Å². The fourth-order valence-corrected chi connectivity index (χ4v) is 2.71. The van der Waals surface area contributed by atoms with Gasteiger partial charge in [-0.1, -0.05) is 6.07 Å². The first-order valence-corrected chi connectivity index (χ1v) is 7.05. The number of rotatable bonds is 3. The molecule has 100 valence electrons. The van der Waals surface area contributed by atoms with Crippen LogP contribution in [-0.4, -0.2) is 43.1 Å². The molecule has 0 bridgehead atoms. The molecule has 0 amide bonds. The molecule has 1 aliphatic rings. The molecule has 1 fully saturated rings. The highest BCUT2D eigenvalue weighted by atomic mass is 32.2. The predicted molar refractivity (Wildman–Crippen MR) is 72.5 cm³/mol. The van der Waals surface area contributed by atoms with Crippen molar-refractivity contribution in [1.29, 1.82) is 5.26 Å². The molecule has 1 heterocycles. The van der Waals surface area contributed by atoms with Crippen molar-refractivity contribution in [3.63, 3.8) is 0 Å². The minimum Gasteiger partial charge on any atom is -0.480 e. The molecule has 19 heavy (non-hydrogen) atoms. The van der Waals surface area contributed by atoms with Crippen LogP contribution in [0.25, 0.3) is 0 Å². The highest BCUT2D eigenvalue weighted by Gasteiger charge is 2.31. The third kappa shape index (κ3) is 2.67.